The zero-order valence-corrected chi connectivity index (χ0v) is 14.0. The summed E-state index contributed by atoms with van der Waals surface area (Å²) in [6.07, 6.45) is 4.14. The summed E-state index contributed by atoms with van der Waals surface area (Å²) in [4.78, 5) is 43.2. The topological polar surface area (TPSA) is 91.3 Å². The van der Waals surface area contributed by atoms with Gasteiger partial charge in [0, 0.05) is 11.8 Å². The summed E-state index contributed by atoms with van der Waals surface area (Å²) in [6.45, 7) is 5.50. The molecule has 0 N–H and O–H groups in total. The Morgan fingerprint density at radius 2 is 1.71 bits per heavy atom. The quantitative estimate of drug-likeness (QED) is 0.424. The van der Waals surface area contributed by atoms with Crippen molar-refractivity contribution in [1.29, 1.82) is 0 Å². The molecule has 7 heteroatoms. The number of allylic oxidation sites excluding steroid dienone is 1. The Morgan fingerprint density at radius 1 is 1.08 bits per heavy atom. The molecule has 3 aliphatic rings. The van der Waals surface area contributed by atoms with E-state index in [0.29, 0.717) is 6.42 Å². The van der Waals surface area contributed by atoms with Crippen LogP contribution in [0.3, 0.4) is 0 Å². The van der Waals surface area contributed by atoms with Gasteiger partial charge in [-0.05, 0) is 27.2 Å². The number of aliphatic imine (C=N–C) groups is 1. The van der Waals surface area contributed by atoms with Crippen LogP contribution in [0.25, 0.3) is 0 Å². The molecule has 0 radical (unpaired) electrons. The minimum absolute atomic E-state index is 0.109. The van der Waals surface area contributed by atoms with Crippen LogP contribution in [0.15, 0.2) is 17.1 Å². The molecule has 0 aromatic rings. The summed E-state index contributed by atoms with van der Waals surface area (Å²) in [5.41, 5.74) is -3.32. The number of ether oxygens (including phenoxy) is 3. The third-order valence-electron chi connectivity index (χ3n) is 5.07. The lowest BCUT2D eigenvalue weighted by molar-refractivity contribution is -0.173. The van der Waals surface area contributed by atoms with E-state index in [1.807, 2.05) is 6.08 Å². The maximum atomic E-state index is 13.1. The van der Waals surface area contributed by atoms with Gasteiger partial charge in [0.15, 0.2) is 11.0 Å². The first-order chi connectivity index (χ1) is 11.5. The van der Waals surface area contributed by atoms with Gasteiger partial charge in [-0.25, -0.2) is 9.79 Å². The lowest BCUT2D eigenvalue weighted by atomic mass is 9.62. The minimum Gasteiger partial charge on any atom is -0.476 e. The van der Waals surface area contributed by atoms with Gasteiger partial charge in [0.1, 0.15) is 0 Å². The summed E-state index contributed by atoms with van der Waals surface area (Å²) in [5.74, 6) is -2.98. The lowest BCUT2D eigenvalue weighted by Crippen LogP contribution is -2.61. The highest BCUT2D eigenvalue weighted by atomic mass is 16.5. The molecule has 0 spiro atoms. The number of esters is 2. The van der Waals surface area contributed by atoms with E-state index in [4.69, 9.17) is 14.2 Å². The monoisotopic (exact) mass is 335 g/mol. The van der Waals surface area contributed by atoms with Crippen LogP contribution in [0.5, 0.6) is 0 Å². The highest BCUT2D eigenvalue weighted by molar-refractivity contribution is 6.46. The lowest BCUT2D eigenvalue weighted by Gasteiger charge is -2.38. The van der Waals surface area contributed by atoms with Crippen molar-refractivity contribution in [2.24, 2.45) is 22.2 Å². The second-order valence-electron chi connectivity index (χ2n) is 6.03. The summed E-state index contributed by atoms with van der Waals surface area (Å²) < 4.78 is 15.8. The fourth-order valence-corrected chi connectivity index (χ4v) is 4.28. The zero-order chi connectivity index (χ0) is 17.5. The Kier molecular flexibility index (Phi) is 3.97. The number of Topliss-reactive ketones (excluding diaryl/α,β-unsaturated/α-hetero) is 1. The summed E-state index contributed by atoms with van der Waals surface area (Å²) in [7, 11) is 0. The average Bonchev–Trinajstić information content (AvgIpc) is 3.19. The van der Waals surface area contributed by atoms with Gasteiger partial charge in [-0.3, -0.25) is 9.59 Å². The smallest absolute Gasteiger partial charge is 0.336 e. The number of nitrogens with zero attached hydrogens (tertiary/aromatic N) is 1. The second-order valence-corrected chi connectivity index (χ2v) is 6.03. The van der Waals surface area contributed by atoms with Crippen molar-refractivity contribution in [1.82, 2.24) is 0 Å². The van der Waals surface area contributed by atoms with Crippen LogP contribution in [-0.2, 0) is 28.6 Å². The van der Waals surface area contributed by atoms with Crippen LogP contribution >= 0.6 is 0 Å². The van der Waals surface area contributed by atoms with Gasteiger partial charge in [0.25, 0.3) is 5.90 Å². The molecular weight excluding hydrogens is 314 g/mol. The first-order valence-electron chi connectivity index (χ1n) is 8.30. The van der Waals surface area contributed by atoms with Gasteiger partial charge in [0.2, 0.25) is 5.78 Å². The van der Waals surface area contributed by atoms with E-state index in [1.165, 1.54) is 0 Å². The van der Waals surface area contributed by atoms with Crippen molar-refractivity contribution < 1.29 is 28.6 Å². The van der Waals surface area contributed by atoms with Crippen LogP contribution in [0.1, 0.15) is 27.2 Å². The molecule has 1 heterocycles. The van der Waals surface area contributed by atoms with E-state index < -0.39 is 34.6 Å². The fourth-order valence-electron chi connectivity index (χ4n) is 4.28. The summed E-state index contributed by atoms with van der Waals surface area (Å²) >= 11 is 0. The molecule has 0 saturated heterocycles. The highest BCUT2D eigenvalue weighted by Crippen LogP contribution is 2.64. The van der Waals surface area contributed by atoms with Crippen LogP contribution in [0.2, 0.25) is 0 Å². The molecule has 1 saturated carbocycles. The molecule has 0 unspecified atom stereocenters. The first-order valence-corrected chi connectivity index (χ1v) is 8.30. The molecule has 0 aromatic heterocycles. The van der Waals surface area contributed by atoms with E-state index >= 15 is 0 Å². The normalized spacial score (nSPS) is 35.6. The highest BCUT2D eigenvalue weighted by Gasteiger charge is 2.82. The number of fused-ring (bicyclic) bond motifs is 5. The fraction of sp³-hybridized carbons (Fsp3) is 0.647. The maximum Gasteiger partial charge on any atom is 0.336 e. The van der Waals surface area contributed by atoms with E-state index in [2.05, 4.69) is 4.99 Å². The molecule has 1 aliphatic heterocycles. The van der Waals surface area contributed by atoms with Gasteiger partial charge in [-0.2, -0.15) is 0 Å². The first kappa shape index (κ1) is 16.7. The number of ketones is 1. The van der Waals surface area contributed by atoms with Crippen molar-refractivity contribution in [3.8, 4) is 0 Å². The molecule has 2 aliphatic carbocycles. The van der Waals surface area contributed by atoms with E-state index in [-0.39, 0.29) is 31.6 Å². The molecule has 130 valence electrons. The SMILES string of the molecule is CCOC(=O)[C@@]12C(=O)C(OCC)=N[C@]1(C(=O)OCC)[C@@H]1C=C[C@H]2C1. The molecule has 24 heavy (non-hydrogen) atoms. The number of rotatable bonds is 5. The Labute approximate surface area is 140 Å². The minimum atomic E-state index is -1.71. The van der Waals surface area contributed by atoms with Crippen LogP contribution in [0, 0.1) is 17.3 Å². The maximum absolute atomic E-state index is 13.1. The third kappa shape index (κ3) is 1.72. The second kappa shape index (κ2) is 5.72. The summed E-state index contributed by atoms with van der Waals surface area (Å²) in [5, 5.41) is 0. The van der Waals surface area contributed by atoms with E-state index in [9.17, 15) is 14.4 Å². The zero-order valence-electron chi connectivity index (χ0n) is 14.0. The van der Waals surface area contributed by atoms with Crippen molar-refractivity contribution in [3.05, 3.63) is 12.2 Å². The van der Waals surface area contributed by atoms with Crippen molar-refractivity contribution >= 4 is 23.6 Å². The number of carbonyl (C=O) groups excluding carboxylic acids is 3. The molecule has 3 rings (SSSR count). The Morgan fingerprint density at radius 3 is 2.33 bits per heavy atom. The largest absolute Gasteiger partial charge is 0.476 e. The Hall–Kier alpha value is -2.18. The van der Waals surface area contributed by atoms with Crippen molar-refractivity contribution in [2.75, 3.05) is 19.8 Å². The van der Waals surface area contributed by atoms with Crippen LogP contribution in [-0.4, -0.2) is 49.0 Å². The molecule has 0 aromatic carbocycles. The number of carbonyl (C=O) groups is 3. The molecule has 0 amide bonds. The van der Waals surface area contributed by atoms with E-state index in [0.717, 1.165) is 0 Å². The number of hydrogen-bond acceptors (Lipinski definition) is 7. The van der Waals surface area contributed by atoms with E-state index in [1.54, 1.807) is 26.8 Å². The van der Waals surface area contributed by atoms with Crippen molar-refractivity contribution in [2.45, 2.75) is 32.7 Å². The van der Waals surface area contributed by atoms with Crippen molar-refractivity contribution in [3.63, 3.8) is 0 Å². The molecule has 7 nitrogen and oxygen atoms in total. The predicted molar refractivity (Wildman–Crippen MR) is 83.2 cm³/mol. The molecular formula is C17H21NO6. The Balaban J connectivity index is 2.21. The molecule has 1 fully saturated rings. The summed E-state index contributed by atoms with van der Waals surface area (Å²) in [6, 6.07) is 0. The average molecular weight is 335 g/mol. The van der Waals surface area contributed by atoms with Gasteiger partial charge in [-0.15, -0.1) is 0 Å². The Bertz CT molecular complexity index is 653. The van der Waals surface area contributed by atoms with Gasteiger partial charge in [0.05, 0.1) is 19.8 Å². The number of hydrogen-bond donors (Lipinski definition) is 0. The van der Waals surface area contributed by atoms with Gasteiger partial charge in [-0.1, -0.05) is 12.2 Å². The van der Waals surface area contributed by atoms with Crippen LogP contribution in [0.4, 0.5) is 0 Å². The van der Waals surface area contributed by atoms with Crippen LogP contribution < -0.4 is 0 Å². The van der Waals surface area contributed by atoms with Gasteiger partial charge >= 0.3 is 11.9 Å². The van der Waals surface area contributed by atoms with Gasteiger partial charge < -0.3 is 14.2 Å². The standard InChI is InChI=1S/C17H21NO6/c1-4-22-13-12(19)16(14(20)23-5-2)10-7-8-11(9-10)17(16,18-13)15(21)24-6-3/h7-8,10-11H,4-6,9H2,1-3H3/t10-,11+,16+,17-/m0/s1. The molecule has 4 atom stereocenters. The predicted octanol–water partition coefficient (Wildman–Crippen LogP) is 1.06. The third-order valence-corrected chi connectivity index (χ3v) is 5.07. The molecule has 2 bridgehead atoms.